The second kappa shape index (κ2) is 5.99. The number of esters is 2. The molecule has 0 aliphatic heterocycles. The second-order valence-corrected chi connectivity index (χ2v) is 3.82. The van der Waals surface area contributed by atoms with Crippen molar-refractivity contribution in [1.29, 1.82) is 0 Å². The summed E-state index contributed by atoms with van der Waals surface area (Å²) in [5.74, 6) is -3.29. The van der Waals surface area contributed by atoms with Crippen molar-refractivity contribution in [1.82, 2.24) is 0 Å². The number of ether oxygens (including phenoxy) is 2. The molecule has 0 fully saturated rings. The molecule has 0 spiro atoms. The fourth-order valence-corrected chi connectivity index (χ4v) is 1.76. The summed E-state index contributed by atoms with van der Waals surface area (Å²) in [7, 11) is 2.19. The molecular weight excluding hydrogens is 252 g/mol. The maximum atomic E-state index is 11.9. The number of benzene rings is 1. The Morgan fingerprint density at radius 2 is 1.68 bits per heavy atom. The van der Waals surface area contributed by atoms with E-state index >= 15 is 0 Å². The van der Waals surface area contributed by atoms with Crippen LogP contribution in [0.3, 0.4) is 0 Å². The number of carbonyl (C=O) groups is 3. The molecule has 6 nitrogen and oxygen atoms in total. The van der Waals surface area contributed by atoms with Gasteiger partial charge in [0.1, 0.15) is 0 Å². The van der Waals surface area contributed by atoms with E-state index in [1.54, 1.807) is 18.2 Å². The van der Waals surface area contributed by atoms with Gasteiger partial charge in [0, 0.05) is 0 Å². The van der Waals surface area contributed by atoms with Gasteiger partial charge in [0.25, 0.3) is 0 Å². The van der Waals surface area contributed by atoms with E-state index in [-0.39, 0.29) is 5.56 Å². The summed E-state index contributed by atoms with van der Waals surface area (Å²) in [5, 5.41) is 9.41. The average Bonchev–Trinajstić information content (AvgIpc) is 2.44. The lowest BCUT2D eigenvalue weighted by Crippen LogP contribution is -2.46. The minimum atomic E-state index is -2.09. The van der Waals surface area contributed by atoms with Crippen LogP contribution in [0.25, 0.3) is 0 Å². The van der Waals surface area contributed by atoms with Crippen molar-refractivity contribution in [2.45, 2.75) is 11.8 Å². The van der Waals surface area contributed by atoms with Gasteiger partial charge in [-0.1, -0.05) is 30.3 Å². The van der Waals surface area contributed by atoms with Crippen molar-refractivity contribution < 1.29 is 29.0 Å². The number of hydrogen-bond donors (Lipinski definition) is 1. The first-order chi connectivity index (χ1) is 8.98. The van der Waals surface area contributed by atoms with Gasteiger partial charge in [-0.2, -0.15) is 0 Å². The number of rotatable bonds is 5. The van der Waals surface area contributed by atoms with Crippen molar-refractivity contribution >= 4 is 17.9 Å². The molecule has 1 aromatic carbocycles. The van der Waals surface area contributed by atoms with Gasteiger partial charge in [0.2, 0.25) is 0 Å². The quantitative estimate of drug-likeness (QED) is 0.624. The van der Waals surface area contributed by atoms with Crippen LogP contribution in [-0.4, -0.2) is 37.2 Å². The summed E-state index contributed by atoms with van der Waals surface area (Å²) >= 11 is 0. The summed E-state index contributed by atoms with van der Waals surface area (Å²) in [6.45, 7) is 0. The number of methoxy groups -OCH3 is 2. The fraction of sp³-hybridized carbons (Fsp3) is 0.308. The highest BCUT2D eigenvalue weighted by atomic mass is 16.5. The lowest BCUT2D eigenvalue weighted by molar-refractivity contribution is -0.165. The first kappa shape index (κ1) is 14.7. The predicted molar refractivity (Wildman–Crippen MR) is 64.4 cm³/mol. The molecule has 6 heteroatoms. The molecule has 1 N–H and O–H groups in total. The Hall–Kier alpha value is -2.37. The molecule has 0 aliphatic carbocycles. The Morgan fingerprint density at radius 3 is 2.11 bits per heavy atom. The monoisotopic (exact) mass is 266 g/mol. The topological polar surface area (TPSA) is 89.9 Å². The molecule has 0 heterocycles. The van der Waals surface area contributed by atoms with Gasteiger partial charge in [-0.15, -0.1) is 0 Å². The van der Waals surface area contributed by atoms with Crippen LogP contribution in [0.15, 0.2) is 30.3 Å². The molecule has 0 saturated carbocycles. The molecular formula is C13H14O6. The van der Waals surface area contributed by atoms with Crippen LogP contribution in [0.4, 0.5) is 0 Å². The summed E-state index contributed by atoms with van der Waals surface area (Å²) in [4.78, 5) is 34.9. The summed E-state index contributed by atoms with van der Waals surface area (Å²) in [5.41, 5.74) is -1.93. The number of carbonyl (C=O) groups excluding carboxylic acids is 2. The Morgan fingerprint density at radius 1 is 1.11 bits per heavy atom. The van der Waals surface area contributed by atoms with Crippen LogP contribution in [0.5, 0.6) is 0 Å². The standard InChI is InChI=1S/C13H14O6/c1-18-10(14)8-13(11(15)16,12(17)19-2)9-6-4-3-5-7-9/h3-7H,8H2,1-2H3,(H,15,16). The van der Waals surface area contributed by atoms with Gasteiger partial charge in [0.05, 0.1) is 20.6 Å². The van der Waals surface area contributed by atoms with E-state index in [9.17, 15) is 19.5 Å². The van der Waals surface area contributed by atoms with Crippen LogP contribution in [0.1, 0.15) is 12.0 Å². The Labute approximate surface area is 109 Å². The van der Waals surface area contributed by atoms with E-state index in [1.807, 2.05) is 0 Å². The highest BCUT2D eigenvalue weighted by molar-refractivity contribution is 6.08. The van der Waals surface area contributed by atoms with Crippen LogP contribution in [0, 0.1) is 0 Å². The third kappa shape index (κ3) is 2.73. The summed E-state index contributed by atoms with van der Waals surface area (Å²) in [6.07, 6.45) is -0.629. The molecule has 0 aliphatic rings. The van der Waals surface area contributed by atoms with Crippen LogP contribution in [0.2, 0.25) is 0 Å². The molecule has 1 atom stereocenters. The van der Waals surface area contributed by atoms with Crippen molar-refractivity contribution in [3.63, 3.8) is 0 Å². The Balaban J connectivity index is 3.40. The van der Waals surface area contributed by atoms with Crippen molar-refractivity contribution in [2.75, 3.05) is 14.2 Å². The maximum absolute atomic E-state index is 11.9. The highest BCUT2D eigenvalue weighted by Gasteiger charge is 2.51. The minimum absolute atomic E-state index is 0.166. The second-order valence-electron chi connectivity index (χ2n) is 3.82. The summed E-state index contributed by atoms with van der Waals surface area (Å²) in [6, 6.07) is 7.73. The van der Waals surface area contributed by atoms with Gasteiger partial charge < -0.3 is 14.6 Å². The predicted octanol–water partition coefficient (Wildman–Crippen LogP) is 0.745. The minimum Gasteiger partial charge on any atom is -0.480 e. The van der Waals surface area contributed by atoms with Crippen molar-refractivity contribution in [3.8, 4) is 0 Å². The largest absolute Gasteiger partial charge is 0.480 e. The van der Waals surface area contributed by atoms with Crippen LogP contribution >= 0.6 is 0 Å². The van der Waals surface area contributed by atoms with E-state index in [1.165, 1.54) is 12.1 Å². The first-order valence-corrected chi connectivity index (χ1v) is 5.43. The molecule has 102 valence electrons. The molecule has 1 rings (SSSR count). The molecule has 1 unspecified atom stereocenters. The Bertz CT molecular complexity index is 481. The lowest BCUT2D eigenvalue weighted by Gasteiger charge is -2.25. The average molecular weight is 266 g/mol. The highest BCUT2D eigenvalue weighted by Crippen LogP contribution is 2.30. The summed E-state index contributed by atoms with van der Waals surface area (Å²) < 4.78 is 9.01. The zero-order valence-corrected chi connectivity index (χ0v) is 10.6. The third-order valence-corrected chi connectivity index (χ3v) is 2.80. The van der Waals surface area contributed by atoms with Gasteiger partial charge in [0.15, 0.2) is 5.41 Å². The van der Waals surface area contributed by atoms with E-state index in [0.717, 1.165) is 14.2 Å². The van der Waals surface area contributed by atoms with Gasteiger partial charge in [-0.05, 0) is 5.56 Å². The van der Waals surface area contributed by atoms with E-state index in [4.69, 9.17) is 0 Å². The molecule has 1 aromatic rings. The zero-order chi connectivity index (χ0) is 14.5. The van der Waals surface area contributed by atoms with E-state index < -0.39 is 29.7 Å². The van der Waals surface area contributed by atoms with Crippen LogP contribution < -0.4 is 0 Å². The zero-order valence-electron chi connectivity index (χ0n) is 10.6. The number of carboxylic acids is 1. The molecule has 0 bridgehead atoms. The molecule has 19 heavy (non-hydrogen) atoms. The fourth-order valence-electron chi connectivity index (χ4n) is 1.76. The first-order valence-electron chi connectivity index (χ1n) is 5.43. The Kier molecular flexibility index (Phi) is 4.63. The van der Waals surface area contributed by atoms with Gasteiger partial charge in [-0.3, -0.25) is 14.4 Å². The SMILES string of the molecule is COC(=O)CC(C(=O)O)(C(=O)OC)c1ccccc1. The van der Waals surface area contributed by atoms with Gasteiger partial charge in [-0.25, -0.2) is 0 Å². The third-order valence-electron chi connectivity index (χ3n) is 2.80. The van der Waals surface area contributed by atoms with Gasteiger partial charge >= 0.3 is 17.9 Å². The maximum Gasteiger partial charge on any atom is 0.328 e. The lowest BCUT2D eigenvalue weighted by atomic mass is 9.77. The molecule has 0 aromatic heterocycles. The van der Waals surface area contributed by atoms with E-state index in [0.29, 0.717) is 0 Å². The molecule has 0 radical (unpaired) electrons. The van der Waals surface area contributed by atoms with Crippen LogP contribution in [-0.2, 0) is 29.3 Å². The smallest absolute Gasteiger partial charge is 0.328 e. The number of aliphatic carboxylic acids is 1. The number of hydrogen-bond acceptors (Lipinski definition) is 5. The van der Waals surface area contributed by atoms with Crippen molar-refractivity contribution in [3.05, 3.63) is 35.9 Å². The molecule has 0 saturated heterocycles. The van der Waals surface area contributed by atoms with E-state index in [2.05, 4.69) is 9.47 Å². The van der Waals surface area contributed by atoms with Crippen molar-refractivity contribution in [2.24, 2.45) is 0 Å². The number of carboxylic acid groups (broad SMARTS) is 1. The molecule has 0 amide bonds. The normalized spacial score (nSPS) is 13.2.